The van der Waals surface area contributed by atoms with E-state index < -0.39 is 0 Å². The number of methoxy groups -OCH3 is 1. The fraction of sp³-hybridized carbons (Fsp3) is 0.294. The van der Waals surface area contributed by atoms with Crippen LogP contribution in [0, 0.1) is 0 Å². The molecular formula is C17H20ClNO2. The number of halogens is 1. The maximum atomic E-state index is 6.42. The molecule has 2 aromatic carbocycles. The zero-order valence-electron chi connectivity index (χ0n) is 12.5. The van der Waals surface area contributed by atoms with E-state index in [2.05, 4.69) is 0 Å². The van der Waals surface area contributed by atoms with E-state index in [0.717, 1.165) is 16.9 Å². The molecule has 1 unspecified atom stereocenters. The summed E-state index contributed by atoms with van der Waals surface area (Å²) in [7, 11) is 1.62. The Hall–Kier alpha value is -1.71. The van der Waals surface area contributed by atoms with Gasteiger partial charge in [-0.15, -0.1) is 0 Å². The molecule has 0 saturated carbocycles. The minimum atomic E-state index is -0.367. The van der Waals surface area contributed by atoms with Crippen molar-refractivity contribution in [1.29, 1.82) is 0 Å². The molecule has 21 heavy (non-hydrogen) atoms. The van der Waals surface area contributed by atoms with Gasteiger partial charge in [-0.1, -0.05) is 29.8 Å². The van der Waals surface area contributed by atoms with Crippen LogP contribution in [0.5, 0.6) is 11.5 Å². The molecule has 0 spiro atoms. The summed E-state index contributed by atoms with van der Waals surface area (Å²) in [6.45, 7) is 3.98. The average Bonchev–Trinajstić information content (AvgIpc) is 2.46. The Morgan fingerprint density at radius 1 is 1.00 bits per heavy atom. The van der Waals surface area contributed by atoms with Crippen LogP contribution in [0.3, 0.4) is 0 Å². The number of ether oxygens (including phenoxy) is 2. The van der Waals surface area contributed by atoms with Crippen LogP contribution in [0.25, 0.3) is 0 Å². The van der Waals surface area contributed by atoms with E-state index in [-0.39, 0.29) is 12.1 Å². The second kappa shape index (κ2) is 6.83. The van der Waals surface area contributed by atoms with Gasteiger partial charge in [-0.2, -0.15) is 0 Å². The lowest BCUT2D eigenvalue weighted by molar-refractivity contribution is 0.239. The summed E-state index contributed by atoms with van der Waals surface area (Å²) in [5.41, 5.74) is 8.17. The monoisotopic (exact) mass is 305 g/mol. The lowest BCUT2D eigenvalue weighted by Gasteiger charge is -2.20. The third-order valence-corrected chi connectivity index (χ3v) is 3.38. The Bertz CT molecular complexity index is 613. The van der Waals surface area contributed by atoms with E-state index in [1.807, 2.05) is 50.2 Å². The lowest BCUT2D eigenvalue weighted by Crippen LogP contribution is -2.16. The Kier molecular flexibility index (Phi) is 5.10. The number of benzene rings is 2. The first-order valence-corrected chi connectivity index (χ1v) is 7.25. The highest BCUT2D eigenvalue weighted by Crippen LogP contribution is 2.34. The Balaban J connectivity index is 2.45. The van der Waals surface area contributed by atoms with Gasteiger partial charge in [0.1, 0.15) is 11.5 Å². The van der Waals surface area contributed by atoms with Gasteiger partial charge in [-0.25, -0.2) is 0 Å². The van der Waals surface area contributed by atoms with Gasteiger partial charge >= 0.3 is 0 Å². The first-order valence-electron chi connectivity index (χ1n) is 6.87. The second-order valence-corrected chi connectivity index (χ2v) is 5.50. The van der Waals surface area contributed by atoms with Crippen LogP contribution in [-0.4, -0.2) is 13.2 Å². The van der Waals surface area contributed by atoms with E-state index in [9.17, 15) is 0 Å². The van der Waals surface area contributed by atoms with Crippen molar-refractivity contribution in [2.24, 2.45) is 5.73 Å². The standard InChI is InChI=1S/C17H20ClNO2/c1-11(2)21-16-7-5-4-6-13(16)17(19)14-10-12(18)8-9-15(14)20-3/h4-11,17H,19H2,1-3H3. The molecule has 1 atom stereocenters. The fourth-order valence-corrected chi connectivity index (χ4v) is 2.40. The van der Waals surface area contributed by atoms with Gasteiger partial charge < -0.3 is 15.2 Å². The molecule has 0 saturated heterocycles. The van der Waals surface area contributed by atoms with Crippen LogP contribution in [-0.2, 0) is 0 Å². The molecule has 0 bridgehead atoms. The largest absolute Gasteiger partial charge is 0.496 e. The lowest BCUT2D eigenvalue weighted by atomic mass is 9.98. The zero-order chi connectivity index (χ0) is 15.4. The maximum absolute atomic E-state index is 6.42. The van der Waals surface area contributed by atoms with E-state index in [1.54, 1.807) is 13.2 Å². The number of nitrogens with two attached hydrogens (primary N) is 1. The van der Waals surface area contributed by atoms with E-state index >= 15 is 0 Å². The fourth-order valence-electron chi connectivity index (χ4n) is 2.21. The Labute approximate surface area is 130 Å². The predicted molar refractivity (Wildman–Crippen MR) is 86.2 cm³/mol. The quantitative estimate of drug-likeness (QED) is 0.901. The summed E-state index contributed by atoms with van der Waals surface area (Å²) in [5.74, 6) is 1.49. The van der Waals surface area contributed by atoms with Crippen molar-refractivity contribution in [2.75, 3.05) is 7.11 Å². The number of hydrogen-bond acceptors (Lipinski definition) is 3. The highest BCUT2D eigenvalue weighted by Gasteiger charge is 2.18. The molecule has 0 amide bonds. The molecule has 2 aromatic rings. The summed E-state index contributed by atoms with van der Waals surface area (Å²) in [4.78, 5) is 0. The molecule has 112 valence electrons. The molecule has 0 aliphatic heterocycles. The Morgan fingerprint density at radius 3 is 2.38 bits per heavy atom. The number of para-hydroxylation sites is 1. The van der Waals surface area contributed by atoms with Crippen LogP contribution in [0.4, 0.5) is 0 Å². The molecule has 2 N–H and O–H groups in total. The van der Waals surface area contributed by atoms with Crippen LogP contribution in [0.1, 0.15) is 31.0 Å². The van der Waals surface area contributed by atoms with Gasteiger partial charge in [-0.05, 0) is 38.1 Å². The average molecular weight is 306 g/mol. The number of rotatable bonds is 5. The van der Waals surface area contributed by atoms with E-state index in [0.29, 0.717) is 10.8 Å². The highest BCUT2D eigenvalue weighted by molar-refractivity contribution is 6.30. The summed E-state index contributed by atoms with van der Waals surface area (Å²) < 4.78 is 11.2. The first-order chi connectivity index (χ1) is 10.0. The summed E-state index contributed by atoms with van der Waals surface area (Å²) in [6.07, 6.45) is 0.0830. The zero-order valence-corrected chi connectivity index (χ0v) is 13.2. The van der Waals surface area contributed by atoms with Crippen LogP contribution >= 0.6 is 11.6 Å². The van der Waals surface area contributed by atoms with Crippen LogP contribution < -0.4 is 15.2 Å². The van der Waals surface area contributed by atoms with Crippen molar-refractivity contribution in [3.05, 3.63) is 58.6 Å². The van der Waals surface area contributed by atoms with Crippen molar-refractivity contribution in [3.8, 4) is 11.5 Å². The summed E-state index contributed by atoms with van der Waals surface area (Å²) >= 11 is 6.09. The van der Waals surface area contributed by atoms with Gasteiger partial charge in [0, 0.05) is 16.1 Å². The third-order valence-electron chi connectivity index (χ3n) is 3.14. The molecule has 0 aromatic heterocycles. The minimum absolute atomic E-state index is 0.0830. The van der Waals surface area contributed by atoms with Crippen molar-refractivity contribution in [1.82, 2.24) is 0 Å². The molecule has 0 fully saturated rings. The molecule has 0 aliphatic rings. The van der Waals surface area contributed by atoms with Crippen molar-refractivity contribution >= 4 is 11.6 Å². The topological polar surface area (TPSA) is 44.5 Å². The van der Waals surface area contributed by atoms with Gasteiger partial charge in [0.25, 0.3) is 0 Å². The third kappa shape index (κ3) is 3.69. The van der Waals surface area contributed by atoms with Crippen LogP contribution in [0.2, 0.25) is 5.02 Å². The maximum Gasteiger partial charge on any atom is 0.124 e. The minimum Gasteiger partial charge on any atom is -0.496 e. The first kappa shape index (κ1) is 15.7. The second-order valence-electron chi connectivity index (χ2n) is 5.07. The smallest absolute Gasteiger partial charge is 0.124 e. The number of hydrogen-bond donors (Lipinski definition) is 1. The van der Waals surface area contributed by atoms with Crippen LogP contribution in [0.15, 0.2) is 42.5 Å². The molecule has 0 aliphatic carbocycles. The SMILES string of the molecule is COc1ccc(Cl)cc1C(N)c1ccccc1OC(C)C. The molecule has 3 nitrogen and oxygen atoms in total. The summed E-state index contributed by atoms with van der Waals surface area (Å²) in [6, 6.07) is 12.8. The molecule has 4 heteroatoms. The molecule has 2 rings (SSSR count). The van der Waals surface area contributed by atoms with Crippen molar-refractivity contribution in [2.45, 2.75) is 26.0 Å². The molecule has 0 heterocycles. The van der Waals surface area contributed by atoms with Gasteiger partial charge in [-0.3, -0.25) is 0 Å². The normalized spacial score (nSPS) is 12.3. The predicted octanol–water partition coefficient (Wildman–Crippen LogP) is 4.18. The molecular weight excluding hydrogens is 286 g/mol. The highest BCUT2D eigenvalue weighted by atomic mass is 35.5. The van der Waals surface area contributed by atoms with Gasteiger partial charge in [0.05, 0.1) is 19.3 Å². The van der Waals surface area contributed by atoms with Crippen molar-refractivity contribution < 1.29 is 9.47 Å². The van der Waals surface area contributed by atoms with Gasteiger partial charge in [0.15, 0.2) is 0 Å². The van der Waals surface area contributed by atoms with Crippen molar-refractivity contribution in [3.63, 3.8) is 0 Å². The van der Waals surface area contributed by atoms with E-state index in [1.165, 1.54) is 0 Å². The van der Waals surface area contributed by atoms with E-state index in [4.69, 9.17) is 26.8 Å². The Morgan fingerprint density at radius 2 is 1.71 bits per heavy atom. The molecule has 0 radical (unpaired) electrons. The van der Waals surface area contributed by atoms with Gasteiger partial charge in [0.2, 0.25) is 0 Å². The summed E-state index contributed by atoms with van der Waals surface area (Å²) in [5, 5.41) is 0.628.